The first kappa shape index (κ1) is 10.3. The predicted molar refractivity (Wildman–Crippen MR) is 65.4 cm³/mol. The zero-order valence-corrected chi connectivity index (χ0v) is 10.3. The molecule has 1 N–H and O–H groups in total. The first-order chi connectivity index (χ1) is 6.78. The molecule has 1 aliphatic carbocycles. The lowest BCUT2D eigenvalue weighted by Gasteiger charge is -2.10. The number of thiazole rings is 1. The van der Waals surface area contributed by atoms with E-state index < -0.39 is 0 Å². The van der Waals surface area contributed by atoms with E-state index in [1.165, 1.54) is 24.1 Å². The molecule has 14 heavy (non-hydrogen) atoms. The Kier molecular flexibility index (Phi) is 3.34. The normalized spacial score (nSPS) is 26.7. The standard InChI is InChI=1S/C10H16N2S2/c1-7-6-11-10(14-7)12-8-3-4-9(5-8)13-2/h6,8-9H,3-5H2,1-2H3,(H,11,12). The van der Waals surface area contributed by atoms with Crippen LogP contribution in [0.25, 0.3) is 0 Å². The maximum atomic E-state index is 4.33. The minimum atomic E-state index is 0.651. The fourth-order valence-corrected chi connectivity index (χ4v) is 3.42. The molecular weight excluding hydrogens is 212 g/mol. The lowest BCUT2D eigenvalue weighted by Crippen LogP contribution is -2.15. The number of rotatable bonds is 3. The molecule has 0 aliphatic heterocycles. The van der Waals surface area contributed by atoms with Gasteiger partial charge in [-0.2, -0.15) is 11.8 Å². The van der Waals surface area contributed by atoms with Crippen molar-refractivity contribution in [2.75, 3.05) is 11.6 Å². The van der Waals surface area contributed by atoms with E-state index in [4.69, 9.17) is 0 Å². The molecule has 2 unspecified atom stereocenters. The zero-order chi connectivity index (χ0) is 9.97. The van der Waals surface area contributed by atoms with Crippen LogP contribution < -0.4 is 5.32 Å². The Morgan fingerprint density at radius 2 is 2.43 bits per heavy atom. The topological polar surface area (TPSA) is 24.9 Å². The molecule has 1 aromatic rings. The third kappa shape index (κ3) is 2.42. The molecule has 0 aromatic carbocycles. The summed E-state index contributed by atoms with van der Waals surface area (Å²) in [5, 5.41) is 5.47. The van der Waals surface area contributed by atoms with Crippen LogP contribution >= 0.6 is 23.1 Å². The molecule has 1 fully saturated rings. The molecule has 1 aliphatic rings. The Morgan fingerprint density at radius 1 is 1.57 bits per heavy atom. The average molecular weight is 228 g/mol. The number of nitrogens with one attached hydrogen (secondary N) is 1. The number of hydrogen-bond donors (Lipinski definition) is 1. The van der Waals surface area contributed by atoms with Gasteiger partial charge in [0.05, 0.1) is 0 Å². The minimum Gasteiger partial charge on any atom is -0.359 e. The molecule has 0 bridgehead atoms. The molecular formula is C10H16N2S2. The van der Waals surface area contributed by atoms with E-state index in [0.29, 0.717) is 6.04 Å². The number of thioether (sulfide) groups is 1. The molecule has 1 saturated carbocycles. The van der Waals surface area contributed by atoms with Gasteiger partial charge in [-0.05, 0) is 32.4 Å². The number of anilines is 1. The van der Waals surface area contributed by atoms with Crippen molar-refractivity contribution in [1.82, 2.24) is 4.98 Å². The van der Waals surface area contributed by atoms with Gasteiger partial charge in [-0.25, -0.2) is 4.98 Å². The molecule has 0 spiro atoms. The minimum absolute atomic E-state index is 0.651. The molecule has 0 saturated heterocycles. The van der Waals surface area contributed by atoms with Crippen molar-refractivity contribution in [2.24, 2.45) is 0 Å². The van der Waals surface area contributed by atoms with Crippen molar-refractivity contribution in [3.63, 3.8) is 0 Å². The second kappa shape index (κ2) is 4.53. The molecule has 2 nitrogen and oxygen atoms in total. The SMILES string of the molecule is CSC1CCC(Nc2ncc(C)s2)C1. The summed E-state index contributed by atoms with van der Waals surface area (Å²) in [6, 6.07) is 0.651. The second-order valence-electron chi connectivity index (χ2n) is 3.79. The Labute approximate surface area is 93.5 Å². The van der Waals surface area contributed by atoms with Crippen molar-refractivity contribution >= 4 is 28.2 Å². The average Bonchev–Trinajstić information content (AvgIpc) is 2.76. The molecule has 1 aromatic heterocycles. The smallest absolute Gasteiger partial charge is 0.183 e. The van der Waals surface area contributed by atoms with Gasteiger partial charge in [-0.1, -0.05) is 0 Å². The maximum absolute atomic E-state index is 4.33. The summed E-state index contributed by atoms with van der Waals surface area (Å²) in [6.45, 7) is 2.10. The summed E-state index contributed by atoms with van der Waals surface area (Å²) in [6.07, 6.45) is 8.09. The fraction of sp³-hybridized carbons (Fsp3) is 0.700. The maximum Gasteiger partial charge on any atom is 0.183 e. The lowest BCUT2D eigenvalue weighted by molar-refractivity contribution is 0.756. The molecule has 78 valence electrons. The quantitative estimate of drug-likeness (QED) is 0.860. The van der Waals surface area contributed by atoms with Gasteiger partial charge in [0.2, 0.25) is 0 Å². The zero-order valence-electron chi connectivity index (χ0n) is 8.62. The van der Waals surface area contributed by atoms with Gasteiger partial charge >= 0.3 is 0 Å². The summed E-state index contributed by atoms with van der Waals surface area (Å²) >= 11 is 3.75. The van der Waals surface area contributed by atoms with Crippen molar-refractivity contribution in [3.05, 3.63) is 11.1 Å². The van der Waals surface area contributed by atoms with E-state index in [-0.39, 0.29) is 0 Å². The van der Waals surface area contributed by atoms with Gasteiger partial charge < -0.3 is 5.32 Å². The van der Waals surface area contributed by atoms with Gasteiger partial charge in [0.1, 0.15) is 0 Å². The summed E-state index contributed by atoms with van der Waals surface area (Å²) in [5.74, 6) is 0. The molecule has 4 heteroatoms. The van der Waals surface area contributed by atoms with Crippen LogP contribution in [0.2, 0.25) is 0 Å². The fourth-order valence-electron chi connectivity index (χ4n) is 1.88. The van der Waals surface area contributed by atoms with E-state index in [1.54, 1.807) is 11.3 Å². The molecule has 2 rings (SSSR count). The highest BCUT2D eigenvalue weighted by Gasteiger charge is 2.24. The second-order valence-corrected chi connectivity index (χ2v) is 6.16. The molecule has 0 amide bonds. The number of aromatic nitrogens is 1. The highest BCUT2D eigenvalue weighted by molar-refractivity contribution is 7.99. The Balaban J connectivity index is 1.87. The number of hydrogen-bond acceptors (Lipinski definition) is 4. The van der Waals surface area contributed by atoms with E-state index in [2.05, 4.69) is 23.5 Å². The first-order valence-corrected chi connectivity index (χ1v) is 7.10. The van der Waals surface area contributed by atoms with Crippen LogP contribution in [-0.4, -0.2) is 22.5 Å². The monoisotopic (exact) mass is 228 g/mol. The Morgan fingerprint density at radius 3 is 3.00 bits per heavy atom. The van der Waals surface area contributed by atoms with Gasteiger partial charge in [0.25, 0.3) is 0 Å². The van der Waals surface area contributed by atoms with Gasteiger partial charge in [-0.15, -0.1) is 11.3 Å². The summed E-state index contributed by atoms with van der Waals surface area (Å²) in [4.78, 5) is 5.61. The van der Waals surface area contributed by atoms with Gasteiger partial charge in [0.15, 0.2) is 5.13 Å². The molecule has 1 heterocycles. The van der Waals surface area contributed by atoms with E-state index in [9.17, 15) is 0 Å². The predicted octanol–water partition coefficient (Wildman–Crippen LogP) is 3.15. The van der Waals surface area contributed by atoms with Crippen LogP contribution in [0, 0.1) is 6.92 Å². The van der Waals surface area contributed by atoms with Crippen molar-refractivity contribution in [1.29, 1.82) is 0 Å². The summed E-state index contributed by atoms with van der Waals surface area (Å²) in [7, 11) is 0. The van der Waals surface area contributed by atoms with E-state index in [1.807, 2.05) is 18.0 Å². The van der Waals surface area contributed by atoms with Crippen LogP contribution in [0.3, 0.4) is 0 Å². The third-order valence-electron chi connectivity index (χ3n) is 2.67. The number of aryl methyl sites for hydroxylation is 1. The third-order valence-corrected chi connectivity index (χ3v) is 4.61. The highest BCUT2D eigenvalue weighted by atomic mass is 32.2. The Hall–Kier alpha value is -0.220. The lowest BCUT2D eigenvalue weighted by atomic mass is 10.3. The molecule has 2 atom stereocenters. The Bertz CT molecular complexity index is 298. The first-order valence-electron chi connectivity index (χ1n) is 4.99. The van der Waals surface area contributed by atoms with Crippen LogP contribution in [0.5, 0.6) is 0 Å². The largest absolute Gasteiger partial charge is 0.359 e. The molecule has 0 radical (unpaired) electrons. The van der Waals surface area contributed by atoms with Gasteiger partial charge in [-0.3, -0.25) is 0 Å². The van der Waals surface area contributed by atoms with Crippen LogP contribution in [0.1, 0.15) is 24.1 Å². The van der Waals surface area contributed by atoms with E-state index >= 15 is 0 Å². The number of nitrogens with zero attached hydrogens (tertiary/aromatic N) is 1. The summed E-state index contributed by atoms with van der Waals surface area (Å²) in [5.41, 5.74) is 0. The van der Waals surface area contributed by atoms with Crippen molar-refractivity contribution in [3.8, 4) is 0 Å². The van der Waals surface area contributed by atoms with E-state index in [0.717, 1.165) is 10.4 Å². The van der Waals surface area contributed by atoms with Gasteiger partial charge in [0, 0.05) is 22.4 Å². The van der Waals surface area contributed by atoms with Crippen LogP contribution in [0.4, 0.5) is 5.13 Å². The van der Waals surface area contributed by atoms with Crippen LogP contribution in [0.15, 0.2) is 6.20 Å². The van der Waals surface area contributed by atoms with Crippen molar-refractivity contribution in [2.45, 2.75) is 37.5 Å². The van der Waals surface area contributed by atoms with Crippen molar-refractivity contribution < 1.29 is 0 Å². The van der Waals surface area contributed by atoms with Crippen LogP contribution in [-0.2, 0) is 0 Å². The summed E-state index contributed by atoms with van der Waals surface area (Å²) < 4.78 is 0. The highest BCUT2D eigenvalue weighted by Crippen LogP contribution is 2.31.